The van der Waals surface area contributed by atoms with Crippen LogP contribution in [-0.2, 0) is 6.18 Å². The van der Waals surface area contributed by atoms with E-state index in [1.165, 1.54) is 11.8 Å². The van der Waals surface area contributed by atoms with E-state index in [2.05, 4.69) is 10.1 Å². The summed E-state index contributed by atoms with van der Waals surface area (Å²) in [5.74, 6) is -0.437. The summed E-state index contributed by atoms with van der Waals surface area (Å²) in [5, 5.41) is 3.65. The van der Waals surface area contributed by atoms with Crippen molar-refractivity contribution >= 4 is 0 Å². The summed E-state index contributed by atoms with van der Waals surface area (Å²) in [6.07, 6.45) is -4.61. The summed E-state index contributed by atoms with van der Waals surface area (Å²) in [7, 11) is 1.52. The monoisotopic (exact) mass is 333 g/mol. The lowest BCUT2D eigenvalue weighted by Gasteiger charge is -2.07. The minimum atomic E-state index is -4.61. The number of methoxy groups -OCH3 is 1. The fraction of sp³-hybridized carbons (Fsp3) is 0.176. The lowest BCUT2D eigenvalue weighted by molar-refractivity contribution is -0.144. The van der Waals surface area contributed by atoms with Gasteiger partial charge in [0, 0.05) is 5.56 Å². The Hall–Kier alpha value is -2.83. The number of hydrogen-bond donors (Lipinski definition) is 0. The molecule has 0 aliphatic rings. The smallest absolute Gasteiger partial charge is 0.453 e. The molecule has 0 spiro atoms. The third kappa shape index (κ3) is 3.10. The van der Waals surface area contributed by atoms with E-state index in [0.29, 0.717) is 17.0 Å². The Morgan fingerprint density at radius 1 is 0.958 bits per heavy atom. The van der Waals surface area contributed by atoms with Gasteiger partial charge in [-0.3, -0.25) is 0 Å². The highest BCUT2D eigenvalue weighted by Crippen LogP contribution is 2.30. The Labute approximate surface area is 136 Å². The van der Waals surface area contributed by atoms with Crippen molar-refractivity contribution in [1.82, 2.24) is 14.8 Å². The van der Waals surface area contributed by atoms with Gasteiger partial charge >= 0.3 is 6.18 Å². The molecular weight excluding hydrogens is 319 g/mol. The topological polar surface area (TPSA) is 39.9 Å². The molecule has 3 rings (SSSR count). The molecule has 124 valence electrons. The number of rotatable bonds is 3. The van der Waals surface area contributed by atoms with Crippen LogP contribution in [0.2, 0.25) is 0 Å². The van der Waals surface area contributed by atoms with Crippen LogP contribution in [0, 0.1) is 6.92 Å². The Kier molecular flexibility index (Phi) is 4.01. The van der Waals surface area contributed by atoms with Crippen LogP contribution in [-0.4, -0.2) is 21.9 Å². The fourth-order valence-electron chi connectivity index (χ4n) is 2.23. The molecule has 0 saturated carbocycles. The second kappa shape index (κ2) is 5.99. The molecule has 0 unspecified atom stereocenters. The van der Waals surface area contributed by atoms with Gasteiger partial charge in [0.15, 0.2) is 5.82 Å². The van der Waals surface area contributed by atoms with Crippen molar-refractivity contribution in [2.24, 2.45) is 0 Å². The van der Waals surface area contributed by atoms with Crippen LogP contribution >= 0.6 is 0 Å². The van der Waals surface area contributed by atoms with Crippen LogP contribution in [0.5, 0.6) is 5.75 Å². The first-order valence-electron chi connectivity index (χ1n) is 7.14. The molecule has 2 aromatic carbocycles. The van der Waals surface area contributed by atoms with Crippen LogP contribution < -0.4 is 4.74 Å². The molecule has 0 radical (unpaired) electrons. The van der Waals surface area contributed by atoms with Crippen LogP contribution in [0.3, 0.4) is 0 Å². The van der Waals surface area contributed by atoms with E-state index >= 15 is 0 Å². The molecule has 0 saturated heterocycles. The second-order valence-electron chi connectivity index (χ2n) is 5.23. The Morgan fingerprint density at radius 2 is 1.58 bits per heavy atom. The molecule has 0 aliphatic heterocycles. The summed E-state index contributed by atoms with van der Waals surface area (Å²) < 4.78 is 45.4. The largest absolute Gasteiger partial charge is 0.497 e. The highest BCUT2D eigenvalue weighted by molar-refractivity contribution is 5.58. The average molecular weight is 333 g/mol. The predicted octanol–water partition coefficient (Wildman–Crippen LogP) is 4.27. The maximum absolute atomic E-state index is 13.0. The zero-order valence-corrected chi connectivity index (χ0v) is 13.0. The maximum atomic E-state index is 13.0. The standard InChI is InChI=1S/C17H14F3N3O/c1-11-3-5-12(6-4-11)15-21-16(17(18,19)20)22-23(15)13-7-9-14(24-2)10-8-13/h3-10H,1-2H3. The van der Waals surface area contributed by atoms with E-state index < -0.39 is 12.0 Å². The normalized spacial score (nSPS) is 11.5. The maximum Gasteiger partial charge on any atom is 0.453 e. The Balaban J connectivity index is 2.15. The van der Waals surface area contributed by atoms with E-state index in [1.807, 2.05) is 19.1 Å². The van der Waals surface area contributed by atoms with E-state index in [0.717, 1.165) is 5.56 Å². The van der Waals surface area contributed by atoms with Gasteiger partial charge in [-0.25, -0.2) is 9.67 Å². The number of hydrogen-bond acceptors (Lipinski definition) is 3. The fourth-order valence-corrected chi connectivity index (χ4v) is 2.23. The third-order valence-corrected chi connectivity index (χ3v) is 3.49. The lowest BCUT2D eigenvalue weighted by Crippen LogP contribution is -2.08. The summed E-state index contributed by atoms with van der Waals surface area (Å²) >= 11 is 0. The molecule has 0 amide bonds. The molecule has 24 heavy (non-hydrogen) atoms. The van der Waals surface area contributed by atoms with E-state index in [-0.39, 0.29) is 5.82 Å². The average Bonchev–Trinajstić information content (AvgIpc) is 3.01. The van der Waals surface area contributed by atoms with Gasteiger partial charge in [0.05, 0.1) is 12.8 Å². The molecule has 1 heterocycles. The highest BCUT2D eigenvalue weighted by Gasteiger charge is 2.37. The van der Waals surface area contributed by atoms with Crippen molar-refractivity contribution in [1.29, 1.82) is 0 Å². The van der Waals surface area contributed by atoms with Gasteiger partial charge in [-0.2, -0.15) is 13.2 Å². The van der Waals surface area contributed by atoms with E-state index in [4.69, 9.17) is 4.74 Å². The van der Waals surface area contributed by atoms with Crippen molar-refractivity contribution in [3.63, 3.8) is 0 Å². The molecule has 7 heteroatoms. The van der Waals surface area contributed by atoms with Crippen molar-refractivity contribution < 1.29 is 17.9 Å². The number of aryl methyl sites for hydroxylation is 1. The summed E-state index contributed by atoms with van der Waals surface area (Å²) in [4.78, 5) is 3.70. The van der Waals surface area contributed by atoms with Crippen LogP contribution in [0.4, 0.5) is 13.2 Å². The van der Waals surface area contributed by atoms with Gasteiger partial charge in [0.1, 0.15) is 5.75 Å². The molecule has 0 bridgehead atoms. The van der Waals surface area contributed by atoms with Gasteiger partial charge in [-0.15, -0.1) is 5.10 Å². The van der Waals surface area contributed by atoms with Gasteiger partial charge < -0.3 is 4.74 Å². The third-order valence-electron chi connectivity index (χ3n) is 3.49. The summed E-state index contributed by atoms with van der Waals surface area (Å²) in [6.45, 7) is 1.90. The number of benzene rings is 2. The highest BCUT2D eigenvalue weighted by atomic mass is 19.4. The molecule has 3 aromatic rings. The van der Waals surface area contributed by atoms with Gasteiger partial charge in [0.25, 0.3) is 5.82 Å². The van der Waals surface area contributed by atoms with Gasteiger partial charge in [0.2, 0.25) is 0 Å². The molecular formula is C17H14F3N3O. The number of halogens is 3. The Bertz CT molecular complexity index is 837. The molecule has 0 atom stereocenters. The number of ether oxygens (including phenoxy) is 1. The zero-order valence-electron chi connectivity index (χ0n) is 13.0. The van der Waals surface area contributed by atoms with Crippen molar-refractivity contribution in [2.75, 3.05) is 7.11 Å². The van der Waals surface area contributed by atoms with Crippen molar-refractivity contribution in [3.8, 4) is 22.8 Å². The van der Waals surface area contributed by atoms with Crippen molar-refractivity contribution in [2.45, 2.75) is 13.1 Å². The number of alkyl halides is 3. The molecule has 4 nitrogen and oxygen atoms in total. The minimum absolute atomic E-state index is 0.132. The van der Waals surface area contributed by atoms with Crippen LogP contribution in [0.1, 0.15) is 11.4 Å². The summed E-state index contributed by atoms with van der Waals surface area (Å²) in [5.41, 5.74) is 2.03. The summed E-state index contributed by atoms with van der Waals surface area (Å²) in [6, 6.07) is 13.6. The first-order chi connectivity index (χ1) is 11.4. The van der Waals surface area contributed by atoms with Crippen molar-refractivity contribution in [3.05, 3.63) is 59.9 Å². The van der Waals surface area contributed by atoms with Gasteiger partial charge in [-0.1, -0.05) is 29.8 Å². The zero-order chi connectivity index (χ0) is 17.3. The predicted molar refractivity (Wildman–Crippen MR) is 83.1 cm³/mol. The van der Waals surface area contributed by atoms with Crippen LogP contribution in [0.25, 0.3) is 17.1 Å². The number of nitrogens with zero attached hydrogens (tertiary/aromatic N) is 3. The Morgan fingerprint density at radius 3 is 2.12 bits per heavy atom. The first kappa shape index (κ1) is 16.0. The molecule has 1 aromatic heterocycles. The van der Waals surface area contributed by atoms with Gasteiger partial charge in [-0.05, 0) is 31.2 Å². The van der Waals surface area contributed by atoms with E-state index in [1.54, 1.807) is 36.4 Å². The van der Waals surface area contributed by atoms with Crippen LogP contribution in [0.15, 0.2) is 48.5 Å². The number of aromatic nitrogens is 3. The quantitative estimate of drug-likeness (QED) is 0.719. The first-order valence-corrected chi connectivity index (χ1v) is 7.14. The second-order valence-corrected chi connectivity index (χ2v) is 5.23. The SMILES string of the molecule is COc1ccc(-n2nc(C(F)(F)F)nc2-c2ccc(C)cc2)cc1. The minimum Gasteiger partial charge on any atom is -0.497 e. The van der Waals surface area contributed by atoms with E-state index in [9.17, 15) is 13.2 Å². The molecule has 0 fully saturated rings. The lowest BCUT2D eigenvalue weighted by atomic mass is 10.1. The molecule has 0 aliphatic carbocycles. The molecule has 0 N–H and O–H groups in total.